The second-order valence-electron chi connectivity index (χ2n) is 7.18. The Morgan fingerprint density at radius 3 is 2.55 bits per heavy atom. The summed E-state index contributed by atoms with van der Waals surface area (Å²) in [6, 6.07) is 12.1. The highest BCUT2D eigenvalue weighted by atomic mass is 32.2. The quantitative estimate of drug-likeness (QED) is 0.670. The van der Waals surface area contributed by atoms with E-state index in [1.807, 2.05) is 24.3 Å². The van der Waals surface area contributed by atoms with Gasteiger partial charge in [0, 0.05) is 32.1 Å². The lowest BCUT2D eigenvalue weighted by atomic mass is 10.1. The number of hydrogen-bond donors (Lipinski definition) is 2. The molecule has 1 heterocycles. The first-order valence-electron chi connectivity index (χ1n) is 9.38. The van der Waals surface area contributed by atoms with Gasteiger partial charge in [0.1, 0.15) is 0 Å². The van der Waals surface area contributed by atoms with Crippen LogP contribution in [0.1, 0.15) is 19.3 Å². The fourth-order valence-electron chi connectivity index (χ4n) is 3.38. The van der Waals surface area contributed by atoms with Gasteiger partial charge in [0.05, 0.1) is 11.2 Å². The van der Waals surface area contributed by atoms with Crippen molar-refractivity contribution in [2.24, 2.45) is 0 Å². The minimum absolute atomic E-state index is 0.0256. The van der Waals surface area contributed by atoms with E-state index in [2.05, 4.69) is 10.0 Å². The van der Waals surface area contributed by atoms with Crippen LogP contribution in [0.15, 0.2) is 47.4 Å². The smallest absolute Gasteiger partial charge is 0.240 e. The summed E-state index contributed by atoms with van der Waals surface area (Å²) in [4.78, 5) is 12.3. The average Bonchev–Trinajstić information content (AvgIpc) is 2.67. The summed E-state index contributed by atoms with van der Waals surface area (Å²) in [5.41, 5.74) is 0. The fraction of sp³-hybridized carbons (Fsp3) is 0.421. The summed E-state index contributed by atoms with van der Waals surface area (Å²) >= 11 is 0. The molecule has 1 aliphatic heterocycles. The molecule has 0 radical (unpaired) electrons. The zero-order valence-electron chi connectivity index (χ0n) is 16.2. The maximum Gasteiger partial charge on any atom is 0.240 e. The highest BCUT2D eigenvalue weighted by Crippen LogP contribution is 2.19. The highest BCUT2D eigenvalue weighted by Gasteiger charge is 2.26. The van der Waals surface area contributed by atoms with E-state index < -0.39 is 20.0 Å². The molecule has 158 valence electrons. The Balaban J connectivity index is 1.52. The molecule has 29 heavy (non-hydrogen) atoms. The van der Waals surface area contributed by atoms with Gasteiger partial charge >= 0.3 is 0 Å². The van der Waals surface area contributed by atoms with Crippen LogP contribution in [0.4, 0.5) is 0 Å². The van der Waals surface area contributed by atoms with Gasteiger partial charge in [-0.1, -0.05) is 30.3 Å². The molecule has 0 aliphatic carbocycles. The highest BCUT2D eigenvalue weighted by molar-refractivity contribution is 7.89. The SMILES string of the molecule is CS(=O)(=O)N1CCCC(NC(=O)CCNS(=O)(=O)c2ccc3ccccc3c2)C1. The Kier molecular flexibility index (Phi) is 6.57. The number of carbonyl (C=O) groups excluding carboxylic acids is 1. The lowest BCUT2D eigenvalue weighted by molar-refractivity contribution is -0.121. The molecule has 0 saturated carbocycles. The largest absolute Gasteiger partial charge is 0.352 e. The predicted octanol–water partition coefficient (Wildman–Crippen LogP) is 1.05. The topological polar surface area (TPSA) is 113 Å². The van der Waals surface area contributed by atoms with Crippen LogP contribution >= 0.6 is 0 Å². The molecule has 2 aromatic rings. The van der Waals surface area contributed by atoms with Crippen molar-refractivity contribution < 1.29 is 21.6 Å². The average molecular weight is 440 g/mol. The Morgan fingerprint density at radius 1 is 1.10 bits per heavy atom. The van der Waals surface area contributed by atoms with Crippen LogP contribution in [0.3, 0.4) is 0 Å². The van der Waals surface area contributed by atoms with Crippen molar-refractivity contribution in [2.75, 3.05) is 25.9 Å². The van der Waals surface area contributed by atoms with Crippen molar-refractivity contribution in [3.05, 3.63) is 42.5 Å². The predicted molar refractivity (Wildman–Crippen MR) is 111 cm³/mol. The number of benzene rings is 2. The molecule has 0 bridgehead atoms. The minimum atomic E-state index is -3.73. The number of sulfonamides is 2. The van der Waals surface area contributed by atoms with Crippen LogP contribution in [0.5, 0.6) is 0 Å². The van der Waals surface area contributed by atoms with Crippen LogP contribution in [0, 0.1) is 0 Å². The Morgan fingerprint density at radius 2 is 1.83 bits per heavy atom. The zero-order chi connectivity index (χ0) is 21.1. The van der Waals surface area contributed by atoms with Crippen molar-refractivity contribution in [3.8, 4) is 0 Å². The number of piperidine rings is 1. The van der Waals surface area contributed by atoms with Crippen LogP contribution in [-0.4, -0.2) is 59.0 Å². The summed E-state index contributed by atoms with van der Waals surface area (Å²) in [5, 5.41) is 4.56. The molecule has 8 nitrogen and oxygen atoms in total. The molecule has 1 saturated heterocycles. The van der Waals surface area contributed by atoms with Gasteiger partial charge in [-0.3, -0.25) is 4.79 Å². The third kappa shape index (κ3) is 5.75. The number of amides is 1. The van der Waals surface area contributed by atoms with Crippen molar-refractivity contribution in [2.45, 2.75) is 30.2 Å². The van der Waals surface area contributed by atoms with Crippen LogP contribution < -0.4 is 10.0 Å². The minimum Gasteiger partial charge on any atom is -0.352 e. The van der Waals surface area contributed by atoms with E-state index in [-0.39, 0.29) is 36.4 Å². The summed E-state index contributed by atoms with van der Waals surface area (Å²) < 4.78 is 52.1. The molecule has 2 aromatic carbocycles. The van der Waals surface area contributed by atoms with Crippen molar-refractivity contribution in [1.29, 1.82) is 0 Å². The molecule has 1 unspecified atom stereocenters. The van der Waals surface area contributed by atoms with E-state index in [0.717, 1.165) is 17.0 Å². The number of carbonyl (C=O) groups is 1. The van der Waals surface area contributed by atoms with Crippen molar-refractivity contribution in [1.82, 2.24) is 14.3 Å². The summed E-state index contributed by atoms with van der Waals surface area (Å²) in [6.07, 6.45) is 2.49. The normalized spacial score (nSPS) is 18.6. The van der Waals surface area contributed by atoms with Gasteiger partial charge in [0.15, 0.2) is 0 Å². The number of nitrogens with one attached hydrogen (secondary N) is 2. The summed E-state index contributed by atoms with van der Waals surface area (Å²) in [7, 11) is -7.01. The number of fused-ring (bicyclic) bond motifs is 1. The van der Waals surface area contributed by atoms with Crippen molar-refractivity contribution >= 4 is 36.7 Å². The van der Waals surface area contributed by atoms with E-state index in [1.165, 1.54) is 10.4 Å². The van der Waals surface area contributed by atoms with Crippen LogP contribution in [-0.2, 0) is 24.8 Å². The van der Waals surface area contributed by atoms with Gasteiger partial charge < -0.3 is 5.32 Å². The first kappa shape index (κ1) is 21.7. The molecule has 10 heteroatoms. The monoisotopic (exact) mass is 439 g/mol. The molecule has 3 rings (SSSR count). The molecule has 1 aliphatic rings. The molecule has 0 aromatic heterocycles. The third-order valence-corrected chi connectivity index (χ3v) is 7.62. The standard InChI is InChI=1S/C19H25N3O5S2/c1-28(24,25)22-12-4-7-17(14-22)21-19(23)10-11-20-29(26,27)18-9-8-15-5-2-3-6-16(15)13-18/h2-3,5-6,8-9,13,17,20H,4,7,10-12,14H2,1H3,(H,21,23). The van der Waals surface area contributed by atoms with Gasteiger partial charge in [0.2, 0.25) is 26.0 Å². The van der Waals surface area contributed by atoms with E-state index >= 15 is 0 Å². The van der Waals surface area contributed by atoms with E-state index in [9.17, 15) is 21.6 Å². The Hall–Kier alpha value is -2.01. The van der Waals surface area contributed by atoms with Gasteiger partial charge in [-0.25, -0.2) is 25.9 Å². The first-order valence-corrected chi connectivity index (χ1v) is 12.7. The molecular formula is C19H25N3O5S2. The number of hydrogen-bond acceptors (Lipinski definition) is 5. The van der Waals surface area contributed by atoms with Gasteiger partial charge in [-0.15, -0.1) is 0 Å². The van der Waals surface area contributed by atoms with E-state index in [1.54, 1.807) is 12.1 Å². The van der Waals surface area contributed by atoms with Crippen molar-refractivity contribution in [3.63, 3.8) is 0 Å². The number of rotatable bonds is 7. The molecule has 0 spiro atoms. The third-order valence-electron chi connectivity index (χ3n) is 4.89. The van der Waals surface area contributed by atoms with Gasteiger partial charge in [-0.05, 0) is 35.7 Å². The summed E-state index contributed by atoms with van der Waals surface area (Å²) in [6.45, 7) is 0.660. The van der Waals surface area contributed by atoms with Crippen LogP contribution in [0.2, 0.25) is 0 Å². The lowest BCUT2D eigenvalue weighted by Gasteiger charge is -2.31. The van der Waals surface area contributed by atoms with Gasteiger partial charge in [-0.2, -0.15) is 0 Å². The molecule has 1 fully saturated rings. The molecular weight excluding hydrogens is 414 g/mol. The molecule has 1 atom stereocenters. The fourth-order valence-corrected chi connectivity index (χ4v) is 5.36. The molecule has 2 N–H and O–H groups in total. The maximum atomic E-state index is 12.5. The second-order valence-corrected chi connectivity index (χ2v) is 10.9. The first-order chi connectivity index (χ1) is 13.6. The molecule has 1 amide bonds. The van der Waals surface area contributed by atoms with Crippen LogP contribution in [0.25, 0.3) is 10.8 Å². The van der Waals surface area contributed by atoms with Gasteiger partial charge in [0.25, 0.3) is 0 Å². The number of nitrogens with zero attached hydrogens (tertiary/aromatic N) is 1. The maximum absolute atomic E-state index is 12.5. The zero-order valence-corrected chi connectivity index (χ0v) is 17.8. The Labute approximate surface area is 171 Å². The van der Waals surface area contributed by atoms with E-state index in [0.29, 0.717) is 19.4 Å². The summed E-state index contributed by atoms with van der Waals surface area (Å²) in [5.74, 6) is -0.313. The second kappa shape index (κ2) is 8.78. The lowest BCUT2D eigenvalue weighted by Crippen LogP contribution is -2.49. The Bertz CT molecular complexity index is 1100. The van der Waals surface area contributed by atoms with E-state index in [4.69, 9.17) is 0 Å².